The highest BCUT2D eigenvalue weighted by molar-refractivity contribution is 6.04. The smallest absolute Gasteiger partial charge is 0.253 e. The molecule has 1 unspecified atom stereocenters. The van der Waals surface area contributed by atoms with Gasteiger partial charge >= 0.3 is 0 Å². The van der Waals surface area contributed by atoms with E-state index in [0.717, 1.165) is 38.3 Å². The first-order valence-electron chi connectivity index (χ1n) is 12.5. The largest absolute Gasteiger partial charge is 0.345 e. The lowest BCUT2D eigenvalue weighted by Gasteiger charge is -2.33. The van der Waals surface area contributed by atoms with E-state index in [1.54, 1.807) is 12.1 Å². The lowest BCUT2D eigenvalue weighted by Crippen LogP contribution is -2.48. The van der Waals surface area contributed by atoms with E-state index in [1.807, 2.05) is 67.6 Å². The number of nitrogens with zero attached hydrogens (tertiary/aromatic N) is 2. The Morgan fingerprint density at radius 3 is 2.17 bits per heavy atom. The predicted octanol–water partition coefficient (Wildman–Crippen LogP) is 4.45. The molecule has 0 spiro atoms. The SMILES string of the molecule is CC(NC(=O)c1ccccc1NC(=O)CN1CCN(CC=Cc2ccccc2)CC1)c1ccccc1. The Balaban J connectivity index is 1.25. The minimum absolute atomic E-state index is 0.108. The molecule has 186 valence electrons. The van der Waals surface area contributed by atoms with Gasteiger partial charge in [-0.25, -0.2) is 0 Å². The fraction of sp³-hybridized carbons (Fsp3) is 0.267. The molecule has 1 fully saturated rings. The van der Waals surface area contributed by atoms with E-state index in [0.29, 0.717) is 17.8 Å². The van der Waals surface area contributed by atoms with Crippen molar-refractivity contribution >= 4 is 23.6 Å². The van der Waals surface area contributed by atoms with Gasteiger partial charge in [0.25, 0.3) is 5.91 Å². The fourth-order valence-electron chi connectivity index (χ4n) is 4.31. The van der Waals surface area contributed by atoms with Crippen LogP contribution in [0.3, 0.4) is 0 Å². The van der Waals surface area contributed by atoms with E-state index in [4.69, 9.17) is 0 Å². The number of hydrogen-bond acceptors (Lipinski definition) is 4. The number of carbonyl (C=O) groups is 2. The van der Waals surface area contributed by atoms with E-state index in [9.17, 15) is 9.59 Å². The first-order valence-corrected chi connectivity index (χ1v) is 12.5. The van der Waals surface area contributed by atoms with Gasteiger partial charge in [0, 0.05) is 32.7 Å². The maximum Gasteiger partial charge on any atom is 0.253 e. The Labute approximate surface area is 213 Å². The molecule has 1 heterocycles. The van der Waals surface area contributed by atoms with Crippen molar-refractivity contribution in [3.63, 3.8) is 0 Å². The molecule has 1 aliphatic rings. The van der Waals surface area contributed by atoms with Crippen molar-refractivity contribution < 1.29 is 9.59 Å². The van der Waals surface area contributed by atoms with Crippen LogP contribution in [-0.2, 0) is 4.79 Å². The van der Waals surface area contributed by atoms with E-state index in [2.05, 4.69) is 44.7 Å². The van der Waals surface area contributed by atoms with Crippen LogP contribution < -0.4 is 10.6 Å². The molecule has 1 atom stereocenters. The van der Waals surface area contributed by atoms with Gasteiger partial charge in [-0.3, -0.25) is 19.4 Å². The van der Waals surface area contributed by atoms with Crippen LogP contribution in [0.1, 0.15) is 34.5 Å². The Morgan fingerprint density at radius 2 is 1.44 bits per heavy atom. The number of rotatable bonds is 9. The van der Waals surface area contributed by atoms with Crippen molar-refractivity contribution in [2.45, 2.75) is 13.0 Å². The summed E-state index contributed by atoms with van der Waals surface area (Å²) >= 11 is 0. The summed E-state index contributed by atoms with van der Waals surface area (Å²) in [4.78, 5) is 30.3. The molecule has 36 heavy (non-hydrogen) atoms. The van der Waals surface area contributed by atoms with Gasteiger partial charge in [-0.2, -0.15) is 0 Å². The number of anilines is 1. The average Bonchev–Trinajstić information content (AvgIpc) is 2.91. The molecule has 3 aromatic carbocycles. The van der Waals surface area contributed by atoms with Crippen LogP contribution in [0.4, 0.5) is 5.69 Å². The van der Waals surface area contributed by atoms with Gasteiger partial charge in [-0.05, 0) is 30.2 Å². The number of carbonyl (C=O) groups excluding carboxylic acids is 2. The molecule has 0 radical (unpaired) electrons. The molecule has 2 amide bonds. The second kappa shape index (κ2) is 12.8. The molecule has 3 aromatic rings. The maximum absolute atomic E-state index is 12.9. The summed E-state index contributed by atoms with van der Waals surface area (Å²) in [6, 6.07) is 27.1. The summed E-state index contributed by atoms with van der Waals surface area (Å²) in [6.45, 7) is 6.67. The van der Waals surface area contributed by atoms with Gasteiger partial charge < -0.3 is 10.6 Å². The molecule has 1 aliphatic heterocycles. The fourth-order valence-corrected chi connectivity index (χ4v) is 4.31. The molecule has 6 nitrogen and oxygen atoms in total. The van der Waals surface area contributed by atoms with Crippen molar-refractivity contribution in [2.24, 2.45) is 0 Å². The lowest BCUT2D eigenvalue weighted by molar-refractivity contribution is -0.117. The summed E-state index contributed by atoms with van der Waals surface area (Å²) in [6.07, 6.45) is 4.34. The number of piperazine rings is 1. The third kappa shape index (κ3) is 7.38. The van der Waals surface area contributed by atoms with E-state index < -0.39 is 0 Å². The molecular formula is C30H34N4O2. The van der Waals surface area contributed by atoms with Gasteiger partial charge in [0.15, 0.2) is 0 Å². The van der Waals surface area contributed by atoms with Crippen LogP contribution >= 0.6 is 0 Å². The third-order valence-electron chi connectivity index (χ3n) is 6.40. The molecular weight excluding hydrogens is 448 g/mol. The van der Waals surface area contributed by atoms with Crippen LogP contribution in [0.15, 0.2) is 91.0 Å². The number of hydrogen-bond donors (Lipinski definition) is 2. The zero-order chi connectivity index (χ0) is 25.2. The standard InChI is InChI=1S/C30H34N4O2/c1-24(26-14-6-3-7-15-26)31-30(36)27-16-8-9-17-28(27)32-29(35)23-34-21-19-33(20-22-34)18-10-13-25-11-4-2-5-12-25/h2-17,24H,18-23H2,1H3,(H,31,36)(H,32,35). The summed E-state index contributed by atoms with van der Waals surface area (Å²) < 4.78 is 0. The number of para-hydroxylation sites is 1. The molecule has 0 aromatic heterocycles. The molecule has 2 N–H and O–H groups in total. The quantitative estimate of drug-likeness (QED) is 0.473. The normalized spacial score (nSPS) is 15.5. The Hall–Kier alpha value is -3.74. The van der Waals surface area contributed by atoms with Gasteiger partial charge in [0.05, 0.1) is 23.8 Å². The lowest BCUT2D eigenvalue weighted by atomic mass is 10.1. The number of benzene rings is 3. The molecule has 0 saturated carbocycles. The first-order chi connectivity index (χ1) is 17.6. The van der Waals surface area contributed by atoms with Crippen molar-refractivity contribution in [1.82, 2.24) is 15.1 Å². The zero-order valence-corrected chi connectivity index (χ0v) is 20.8. The highest BCUT2D eigenvalue weighted by atomic mass is 16.2. The summed E-state index contributed by atoms with van der Waals surface area (Å²) in [5.74, 6) is -0.316. The van der Waals surface area contributed by atoms with Crippen molar-refractivity contribution in [3.05, 3.63) is 108 Å². The third-order valence-corrected chi connectivity index (χ3v) is 6.40. The Morgan fingerprint density at radius 1 is 0.833 bits per heavy atom. The molecule has 4 rings (SSSR count). The predicted molar refractivity (Wildman–Crippen MR) is 146 cm³/mol. The average molecular weight is 483 g/mol. The second-order valence-corrected chi connectivity index (χ2v) is 9.09. The monoisotopic (exact) mass is 482 g/mol. The van der Waals surface area contributed by atoms with Crippen LogP contribution in [0.2, 0.25) is 0 Å². The molecule has 0 bridgehead atoms. The van der Waals surface area contributed by atoms with Crippen LogP contribution in [0, 0.1) is 0 Å². The first kappa shape index (κ1) is 25.4. The maximum atomic E-state index is 12.9. The molecule has 1 saturated heterocycles. The van der Waals surface area contributed by atoms with Crippen molar-refractivity contribution in [3.8, 4) is 0 Å². The van der Waals surface area contributed by atoms with Gasteiger partial charge in [0.1, 0.15) is 0 Å². The minimum Gasteiger partial charge on any atom is -0.345 e. The van der Waals surface area contributed by atoms with Gasteiger partial charge in [-0.15, -0.1) is 0 Å². The van der Waals surface area contributed by atoms with Crippen molar-refractivity contribution in [1.29, 1.82) is 0 Å². The van der Waals surface area contributed by atoms with E-state index >= 15 is 0 Å². The van der Waals surface area contributed by atoms with E-state index in [-0.39, 0.29) is 17.9 Å². The number of nitrogens with one attached hydrogen (secondary N) is 2. The summed E-state index contributed by atoms with van der Waals surface area (Å²) in [7, 11) is 0. The van der Waals surface area contributed by atoms with Crippen LogP contribution in [-0.4, -0.2) is 60.9 Å². The molecule has 6 heteroatoms. The van der Waals surface area contributed by atoms with Crippen LogP contribution in [0.25, 0.3) is 6.08 Å². The number of amides is 2. The topological polar surface area (TPSA) is 64.7 Å². The van der Waals surface area contributed by atoms with E-state index in [1.165, 1.54) is 5.56 Å². The highest BCUT2D eigenvalue weighted by Crippen LogP contribution is 2.18. The zero-order valence-electron chi connectivity index (χ0n) is 20.8. The Kier molecular flexibility index (Phi) is 9.03. The molecule has 0 aliphatic carbocycles. The second-order valence-electron chi connectivity index (χ2n) is 9.09. The minimum atomic E-state index is -0.209. The van der Waals surface area contributed by atoms with Gasteiger partial charge in [0.2, 0.25) is 5.91 Å². The van der Waals surface area contributed by atoms with Gasteiger partial charge in [-0.1, -0.05) is 84.9 Å². The Bertz CT molecular complexity index is 1160. The summed E-state index contributed by atoms with van der Waals surface area (Å²) in [5, 5.41) is 5.98. The van der Waals surface area contributed by atoms with Crippen molar-refractivity contribution in [2.75, 3.05) is 44.6 Å². The highest BCUT2D eigenvalue weighted by Gasteiger charge is 2.20. The summed E-state index contributed by atoms with van der Waals surface area (Å²) in [5.41, 5.74) is 3.23. The van der Waals surface area contributed by atoms with Crippen LogP contribution in [0.5, 0.6) is 0 Å².